The van der Waals surface area contributed by atoms with E-state index in [0.717, 1.165) is 12.1 Å². The molecule has 16 heavy (non-hydrogen) atoms. The number of carboxylic acid groups (broad SMARTS) is 1. The third-order valence-corrected chi connectivity index (χ3v) is 1.77. The molecule has 0 saturated carbocycles. The van der Waals surface area contributed by atoms with Gasteiger partial charge in [-0.25, -0.2) is 9.18 Å². The van der Waals surface area contributed by atoms with Crippen LogP contribution in [0.2, 0.25) is 0 Å². The van der Waals surface area contributed by atoms with Crippen LogP contribution >= 0.6 is 0 Å². The molecule has 0 aliphatic heterocycles. The molecule has 0 saturated heterocycles. The van der Waals surface area contributed by atoms with E-state index in [0.29, 0.717) is 0 Å². The molecule has 0 spiro atoms. The van der Waals surface area contributed by atoms with Crippen LogP contribution in [0.5, 0.6) is 5.75 Å². The van der Waals surface area contributed by atoms with E-state index in [1.165, 1.54) is 13.1 Å². The second kappa shape index (κ2) is 5.11. The standard InChI is InChI=1S/C10H10FNO4/c1-12-10(15)7-3-2-6(11)4-8(7)16-5-9(13)14/h2-4H,5H2,1H3,(H,12,15)(H,13,14). The molecule has 2 N–H and O–H groups in total. The van der Waals surface area contributed by atoms with Crippen molar-refractivity contribution in [2.75, 3.05) is 13.7 Å². The highest BCUT2D eigenvalue weighted by Crippen LogP contribution is 2.19. The van der Waals surface area contributed by atoms with E-state index in [2.05, 4.69) is 5.32 Å². The summed E-state index contributed by atoms with van der Waals surface area (Å²) in [5.41, 5.74) is 0.0881. The topological polar surface area (TPSA) is 75.6 Å². The molecule has 0 atom stereocenters. The Morgan fingerprint density at radius 1 is 1.50 bits per heavy atom. The van der Waals surface area contributed by atoms with E-state index in [4.69, 9.17) is 9.84 Å². The number of hydrogen-bond acceptors (Lipinski definition) is 3. The summed E-state index contributed by atoms with van der Waals surface area (Å²) in [5, 5.41) is 10.8. The van der Waals surface area contributed by atoms with Crippen LogP contribution in [-0.2, 0) is 4.79 Å². The second-order valence-corrected chi connectivity index (χ2v) is 2.90. The van der Waals surface area contributed by atoms with Crippen LogP contribution < -0.4 is 10.1 Å². The number of carboxylic acids is 1. The molecule has 0 bridgehead atoms. The van der Waals surface area contributed by atoms with Crippen molar-refractivity contribution < 1.29 is 23.8 Å². The SMILES string of the molecule is CNC(=O)c1ccc(F)cc1OCC(=O)O. The lowest BCUT2D eigenvalue weighted by Crippen LogP contribution is -2.20. The fraction of sp³-hybridized carbons (Fsp3) is 0.200. The number of carbonyl (C=O) groups is 2. The van der Waals surface area contributed by atoms with Gasteiger partial charge in [-0.15, -0.1) is 0 Å². The fourth-order valence-electron chi connectivity index (χ4n) is 1.08. The first kappa shape index (κ1) is 12.0. The van der Waals surface area contributed by atoms with Crippen LogP contribution in [0.15, 0.2) is 18.2 Å². The Morgan fingerprint density at radius 3 is 2.75 bits per heavy atom. The van der Waals surface area contributed by atoms with Gasteiger partial charge in [0.15, 0.2) is 6.61 Å². The molecule has 0 heterocycles. The van der Waals surface area contributed by atoms with Gasteiger partial charge in [0.05, 0.1) is 5.56 Å². The summed E-state index contributed by atoms with van der Waals surface area (Å²) in [6, 6.07) is 3.29. The Bertz CT molecular complexity index is 419. The van der Waals surface area contributed by atoms with Gasteiger partial charge >= 0.3 is 5.97 Å². The van der Waals surface area contributed by atoms with Crippen LogP contribution in [0, 0.1) is 5.82 Å². The molecule has 0 aliphatic rings. The second-order valence-electron chi connectivity index (χ2n) is 2.90. The van der Waals surface area contributed by atoms with Gasteiger partial charge in [-0.3, -0.25) is 4.79 Å². The Labute approximate surface area is 90.8 Å². The molecule has 0 aromatic heterocycles. The molecule has 1 aromatic rings. The van der Waals surface area contributed by atoms with Gasteiger partial charge < -0.3 is 15.2 Å². The molecule has 6 heteroatoms. The summed E-state index contributed by atoms with van der Waals surface area (Å²) in [4.78, 5) is 21.6. The summed E-state index contributed by atoms with van der Waals surface area (Å²) in [5.74, 6) is -2.37. The highest BCUT2D eigenvalue weighted by molar-refractivity contribution is 5.96. The lowest BCUT2D eigenvalue weighted by Gasteiger charge is -2.08. The zero-order valence-corrected chi connectivity index (χ0v) is 8.49. The molecular weight excluding hydrogens is 217 g/mol. The van der Waals surface area contributed by atoms with Crippen molar-refractivity contribution >= 4 is 11.9 Å². The van der Waals surface area contributed by atoms with E-state index >= 15 is 0 Å². The minimum atomic E-state index is -1.20. The Morgan fingerprint density at radius 2 is 2.19 bits per heavy atom. The average molecular weight is 227 g/mol. The van der Waals surface area contributed by atoms with Crippen molar-refractivity contribution in [2.24, 2.45) is 0 Å². The molecule has 0 fully saturated rings. The first-order chi connectivity index (χ1) is 7.54. The van der Waals surface area contributed by atoms with Gasteiger partial charge in [-0.05, 0) is 12.1 Å². The van der Waals surface area contributed by atoms with Crippen molar-refractivity contribution in [3.05, 3.63) is 29.6 Å². The molecule has 0 unspecified atom stereocenters. The van der Waals surface area contributed by atoms with Gasteiger partial charge in [-0.1, -0.05) is 0 Å². The Kier molecular flexibility index (Phi) is 3.82. The highest BCUT2D eigenvalue weighted by atomic mass is 19.1. The summed E-state index contributed by atoms with van der Waals surface area (Å²) in [6.07, 6.45) is 0. The number of carbonyl (C=O) groups excluding carboxylic acids is 1. The number of hydrogen-bond donors (Lipinski definition) is 2. The van der Waals surface area contributed by atoms with Gasteiger partial charge in [0.2, 0.25) is 0 Å². The van der Waals surface area contributed by atoms with Crippen molar-refractivity contribution in [3.8, 4) is 5.75 Å². The first-order valence-corrected chi connectivity index (χ1v) is 4.41. The molecule has 0 aliphatic carbocycles. The number of rotatable bonds is 4. The quantitative estimate of drug-likeness (QED) is 0.791. The van der Waals surface area contributed by atoms with Gasteiger partial charge in [-0.2, -0.15) is 0 Å². The van der Waals surface area contributed by atoms with Gasteiger partial charge in [0.25, 0.3) is 5.91 Å². The summed E-state index contributed by atoms with van der Waals surface area (Å²) in [7, 11) is 1.41. The Balaban J connectivity index is 2.98. The van der Waals surface area contributed by atoms with E-state index in [9.17, 15) is 14.0 Å². The summed E-state index contributed by atoms with van der Waals surface area (Å²) >= 11 is 0. The lowest BCUT2D eigenvalue weighted by atomic mass is 10.2. The molecule has 1 amide bonds. The van der Waals surface area contributed by atoms with Crippen LogP contribution in [0.4, 0.5) is 4.39 Å². The minimum Gasteiger partial charge on any atom is -0.481 e. The molecular formula is C10H10FNO4. The van der Waals surface area contributed by atoms with E-state index in [1.54, 1.807) is 0 Å². The van der Waals surface area contributed by atoms with E-state index in [-0.39, 0.29) is 11.3 Å². The zero-order valence-electron chi connectivity index (χ0n) is 8.49. The smallest absolute Gasteiger partial charge is 0.341 e. The van der Waals surface area contributed by atoms with Crippen LogP contribution in [-0.4, -0.2) is 30.6 Å². The zero-order chi connectivity index (χ0) is 12.1. The van der Waals surface area contributed by atoms with Crippen molar-refractivity contribution in [1.82, 2.24) is 5.32 Å². The lowest BCUT2D eigenvalue weighted by molar-refractivity contribution is -0.139. The van der Waals surface area contributed by atoms with Crippen LogP contribution in [0.25, 0.3) is 0 Å². The van der Waals surface area contributed by atoms with E-state index < -0.39 is 24.3 Å². The first-order valence-electron chi connectivity index (χ1n) is 4.41. The minimum absolute atomic E-state index is 0.0881. The maximum atomic E-state index is 12.9. The van der Waals surface area contributed by atoms with Crippen molar-refractivity contribution in [2.45, 2.75) is 0 Å². The number of amides is 1. The predicted molar refractivity (Wildman–Crippen MR) is 52.9 cm³/mol. The number of halogens is 1. The third kappa shape index (κ3) is 2.94. The maximum absolute atomic E-state index is 12.9. The van der Waals surface area contributed by atoms with Crippen LogP contribution in [0.3, 0.4) is 0 Å². The number of aliphatic carboxylic acids is 1. The molecule has 1 rings (SSSR count). The monoisotopic (exact) mass is 227 g/mol. The van der Waals surface area contributed by atoms with Crippen molar-refractivity contribution in [1.29, 1.82) is 0 Å². The van der Waals surface area contributed by atoms with Gasteiger partial charge in [0.1, 0.15) is 11.6 Å². The number of ether oxygens (including phenoxy) is 1. The molecule has 5 nitrogen and oxygen atoms in total. The van der Waals surface area contributed by atoms with Crippen molar-refractivity contribution in [3.63, 3.8) is 0 Å². The average Bonchev–Trinajstić information content (AvgIpc) is 2.25. The highest BCUT2D eigenvalue weighted by Gasteiger charge is 2.13. The molecule has 0 radical (unpaired) electrons. The normalized spacial score (nSPS) is 9.62. The van der Waals surface area contributed by atoms with Crippen LogP contribution in [0.1, 0.15) is 10.4 Å². The predicted octanol–water partition coefficient (Wildman–Crippen LogP) is 0.649. The largest absolute Gasteiger partial charge is 0.481 e. The summed E-state index contributed by atoms with van der Waals surface area (Å²) < 4.78 is 17.7. The molecule has 1 aromatic carbocycles. The third-order valence-electron chi connectivity index (χ3n) is 1.77. The fourth-order valence-corrected chi connectivity index (χ4v) is 1.08. The summed E-state index contributed by atoms with van der Waals surface area (Å²) in [6.45, 7) is -0.632. The maximum Gasteiger partial charge on any atom is 0.341 e. The van der Waals surface area contributed by atoms with E-state index in [1.807, 2.05) is 0 Å². The Hall–Kier alpha value is -2.11. The molecule has 86 valence electrons. The number of nitrogens with one attached hydrogen (secondary N) is 1. The van der Waals surface area contributed by atoms with Gasteiger partial charge in [0, 0.05) is 13.1 Å². The number of benzene rings is 1.